The number of nitrogens with one attached hydrogen (secondary N) is 2. The summed E-state index contributed by atoms with van der Waals surface area (Å²) >= 11 is 1.48. The van der Waals surface area contributed by atoms with Gasteiger partial charge in [-0.15, -0.1) is 11.3 Å². The lowest BCUT2D eigenvalue weighted by Gasteiger charge is -2.11. The molecule has 3 rings (SSSR count). The summed E-state index contributed by atoms with van der Waals surface area (Å²) in [6.07, 6.45) is 3.31. The molecule has 0 unspecified atom stereocenters. The van der Waals surface area contributed by atoms with Crippen molar-refractivity contribution in [2.45, 2.75) is 0 Å². The second kappa shape index (κ2) is 10.1. The van der Waals surface area contributed by atoms with Crippen molar-refractivity contribution in [1.82, 2.24) is 5.32 Å². The van der Waals surface area contributed by atoms with Crippen molar-refractivity contribution in [2.24, 2.45) is 0 Å². The number of carbonyl (C=O) groups is 2. The van der Waals surface area contributed by atoms with Gasteiger partial charge in [0.15, 0.2) is 0 Å². The molecule has 1 aromatic heterocycles. The molecule has 0 saturated carbocycles. The molecule has 5 nitrogen and oxygen atoms in total. The average molecular weight is 404 g/mol. The molecule has 146 valence electrons. The number of hydrogen-bond acceptors (Lipinski definition) is 4. The molecule has 0 aliphatic heterocycles. The van der Waals surface area contributed by atoms with Gasteiger partial charge >= 0.3 is 0 Å². The zero-order valence-electron chi connectivity index (χ0n) is 15.6. The van der Waals surface area contributed by atoms with E-state index in [0.717, 1.165) is 4.88 Å². The largest absolute Gasteiger partial charge is 0.490 e. The van der Waals surface area contributed by atoms with Gasteiger partial charge in [0.25, 0.3) is 11.8 Å². The lowest BCUT2D eigenvalue weighted by atomic mass is 10.2. The molecule has 0 atom stereocenters. The highest BCUT2D eigenvalue weighted by atomic mass is 32.1. The average Bonchev–Trinajstić information content (AvgIpc) is 3.26. The molecule has 29 heavy (non-hydrogen) atoms. The fourth-order valence-electron chi connectivity index (χ4n) is 2.45. The number of ether oxygens (including phenoxy) is 1. The molecule has 0 radical (unpaired) electrons. The minimum Gasteiger partial charge on any atom is -0.490 e. The van der Waals surface area contributed by atoms with Gasteiger partial charge in [-0.25, -0.2) is 0 Å². The Morgan fingerprint density at radius 2 is 1.76 bits per heavy atom. The van der Waals surface area contributed by atoms with Crippen LogP contribution < -0.4 is 15.4 Å². The smallest absolute Gasteiger partial charge is 0.272 e. The van der Waals surface area contributed by atoms with Gasteiger partial charge in [0.2, 0.25) is 0 Å². The molecular weight excluding hydrogens is 384 g/mol. The van der Waals surface area contributed by atoms with Crippen LogP contribution in [0.4, 0.5) is 5.69 Å². The van der Waals surface area contributed by atoms with Crippen molar-refractivity contribution in [3.05, 3.63) is 101 Å². The van der Waals surface area contributed by atoms with Crippen LogP contribution in [-0.4, -0.2) is 18.4 Å². The minimum absolute atomic E-state index is 0.160. The summed E-state index contributed by atoms with van der Waals surface area (Å²) in [5, 5.41) is 7.42. The van der Waals surface area contributed by atoms with Crippen LogP contribution in [0, 0.1) is 0 Å². The quantitative estimate of drug-likeness (QED) is 0.422. The van der Waals surface area contributed by atoms with Crippen molar-refractivity contribution >= 4 is 34.9 Å². The molecular formula is C23H20N2O3S. The van der Waals surface area contributed by atoms with Gasteiger partial charge in [0, 0.05) is 16.1 Å². The Labute approximate surface area is 173 Å². The third-order valence-corrected chi connectivity index (χ3v) is 4.66. The fourth-order valence-corrected chi connectivity index (χ4v) is 3.10. The van der Waals surface area contributed by atoms with E-state index in [4.69, 9.17) is 4.74 Å². The number of hydrogen-bond donors (Lipinski definition) is 2. The summed E-state index contributed by atoms with van der Waals surface area (Å²) in [5.74, 6) is -0.0891. The van der Waals surface area contributed by atoms with Crippen molar-refractivity contribution < 1.29 is 14.3 Å². The van der Waals surface area contributed by atoms with E-state index in [1.54, 1.807) is 60.7 Å². The monoisotopic (exact) mass is 404 g/mol. The van der Waals surface area contributed by atoms with Gasteiger partial charge in [-0.05, 0) is 53.9 Å². The Morgan fingerprint density at radius 3 is 2.41 bits per heavy atom. The van der Waals surface area contributed by atoms with Crippen molar-refractivity contribution in [3.63, 3.8) is 0 Å². The predicted molar refractivity (Wildman–Crippen MR) is 117 cm³/mol. The Balaban J connectivity index is 1.76. The first-order valence-electron chi connectivity index (χ1n) is 8.92. The fraction of sp³-hybridized carbons (Fsp3) is 0.0435. The number of benzene rings is 2. The van der Waals surface area contributed by atoms with E-state index in [1.165, 1.54) is 11.3 Å². The van der Waals surface area contributed by atoms with Crippen LogP contribution in [0.15, 0.2) is 90.5 Å². The van der Waals surface area contributed by atoms with Gasteiger partial charge in [0.1, 0.15) is 18.1 Å². The molecule has 0 aliphatic rings. The zero-order valence-corrected chi connectivity index (χ0v) is 16.4. The minimum atomic E-state index is -0.414. The third kappa shape index (κ3) is 5.92. The molecule has 0 aliphatic carbocycles. The van der Waals surface area contributed by atoms with Crippen LogP contribution in [-0.2, 0) is 4.79 Å². The third-order valence-electron chi connectivity index (χ3n) is 3.84. The lowest BCUT2D eigenvalue weighted by molar-refractivity contribution is -0.113. The second-order valence-corrected chi connectivity index (χ2v) is 6.95. The Morgan fingerprint density at radius 1 is 1.00 bits per heavy atom. The summed E-state index contributed by atoms with van der Waals surface area (Å²) in [4.78, 5) is 26.2. The highest BCUT2D eigenvalue weighted by Gasteiger charge is 2.15. The summed E-state index contributed by atoms with van der Waals surface area (Å²) in [5.41, 5.74) is 1.22. The first-order chi connectivity index (χ1) is 14.2. The van der Waals surface area contributed by atoms with E-state index in [0.29, 0.717) is 23.6 Å². The van der Waals surface area contributed by atoms with Gasteiger partial charge in [0.05, 0.1) is 0 Å². The number of rotatable bonds is 8. The molecule has 3 aromatic rings. The second-order valence-electron chi connectivity index (χ2n) is 5.97. The van der Waals surface area contributed by atoms with Crippen LogP contribution in [0.25, 0.3) is 6.08 Å². The van der Waals surface area contributed by atoms with Crippen molar-refractivity contribution in [3.8, 4) is 5.75 Å². The molecule has 0 fully saturated rings. The number of carbonyl (C=O) groups excluding carboxylic acids is 2. The van der Waals surface area contributed by atoms with E-state index in [1.807, 2.05) is 23.6 Å². The Kier molecular flexibility index (Phi) is 6.97. The first kappa shape index (κ1) is 20.1. The molecule has 0 spiro atoms. The van der Waals surface area contributed by atoms with E-state index < -0.39 is 5.91 Å². The van der Waals surface area contributed by atoms with Crippen molar-refractivity contribution in [2.75, 3.05) is 11.9 Å². The van der Waals surface area contributed by atoms with Crippen LogP contribution in [0.5, 0.6) is 5.75 Å². The molecule has 2 N–H and O–H groups in total. The maximum Gasteiger partial charge on any atom is 0.272 e. The zero-order chi connectivity index (χ0) is 20.5. The highest BCUT2D eigenvalue weighted by Crippen LogP contribution is 2.18. The summed E-state index contributed by atoms with van der Waals surface area (Å²) in [6.45, 7) is 4.01. The molecule has 0 saturated heterocycles. The number of anilines is 1. The molecule has 1 heterocycles. The predicted octanol–water partition coefficient (Wildman–Crippen LogP) is 4.72. The molecule has 2 amide bonds. The maximum atomic E-state index is 12.8. The van der Waals surface area contributed by atoms with Gasteiger partial charge < -0.3 is 15.4 Å². The van der Waals surface area contributed by atoms with E-state index in [9.17, 15) is 9.59 Å². The van der Waals surface area contributed by atoms with E-state index >= 15 is 0 Å². The van der Waals surface area contributed by atoms with Gasteiger partial charge in [-0.1, -0.05) is 36.9 Å². The van der Waals surface area contributed by atoms with Crippen LogP contribution >= 0.6 is 11.3 Å². The highest BCUT2D eigenvalue weighted by molar-refractivity contribution is 7.10. The Bertz CT molecular complexity index is 994. The van der Waals surface area contributed by atoms with Crippen LogP contribution in [0.1, 0.15) is 15.2 Å². The van der Waals surface area contributed by atoms with E-state index in [-0.39, 0.29) is 11.6 Å². The van der Waals surface area contributed by atoms with Crippen LogP contribution in [0.2, 0.25) is 0 Å². The molecule has 0 bridgehead atoms. The lowest BCUT2D eigenvalue weighted by Crippen LogP contribution is -2.30. The SMILES string of the molecule is C=CCOc1ccc(NC(=O)/C(=C/c2cccs2)NC(=O)c2ccccc2)cc1. The van der Waals surface area contributed by atoms with Gasteiger partial charge in [-0.3, -0.25) is 9.59 Å². The van der Waals surface area contributed by atoms with Crippen molar-refractivity contribution in [1.29, 1.82) is 0 Å². The summed E-state index contributed by atoms with van der Waals surface area (Å²) in [7, 11) is 0. The number of thiophene rings is 1. The molecule has 2 aromatic carbocycles. The number of amides is 2. The van der Waals surface area contributed by atoms with Gasteiger partial charge in [-0.2, -0.15) is 0 Å². The molecule has 6 heteroatoms. The first-order valence-corrected chi connectivity index (χ1v) is 9.80. The van der Waals surface area contributed by atoms with Crippen LogP contribution in [0.3, 0.4) is 0 Å². The maximum absolute atomic E-state index is 12.8. The van der Waals surface area contributed by atoms with E-state index in [2.05, 4.69) is 17.2 Å². The normalized spacial score (nSPS) is 10.8. The summed E-state index contributed by atoms with van der Waals surface area (Å²) in [6, 6.07) is 19.5. The Hall–Kier alpha value is -3.64. The topological polar surface area (TPSA) is 67.4 Å². The standard InChI is InChI=1S/C23H20N2O3S/c1-2-14-28-19-12-10-18(11-13-19)24-23(27)21(16-20-9-6-15-29-20)25-22(26)17-7-4-3-5-8-17/h2-13,15-16H,1,14H2,(H,24,27)(H,25,26)/b21-16-. The summed E-state index contributed by atoms with van der Waals surface area (Å²) < 4.78 is 5.44.